The van der Waals surface area contributed by atoms with Gasteiger partial charge < -0.3 is 0 Å². The van der Waals surface area contributed by atoms with Crippen LogP contribution >= 0.6 is 0 Å². The molecule has 0 unspecified atom stereocenters. The zero-order chi connectivity index (χ0) is 9.66. The summed E-state index contributed by atoms with van der Waals surface area (Å²) in [6, 6.07) is 0. The van der Waals surface area contributed by atoms with Crippen LogP contribution in [0.4, 0.5) is 0 Å². The molecule has 0 radical (unpaired) electrons. The molecule has 0 spiro atoms. The quantitative estimate of drug-likeness (QED) is 0.297. The van der Waals surface area contributed by atoms with Crippen LogP contribution in [0.2, 0.25) is 0 Å². The summed E-state index contributed by atoms with van der Waals surface area (Å²) in [5.41, 5.74) is 0. The molecule has 0 saturated carbocycles. The van der Waals surface area contributed by atoms with Crippen molar-refractivity contribution in [2.24, 2.45) is 0 Å². The molecular weight excluding hydrogens is 251 g/mol. The molecule has 76 valence electrons. The maximum absolute atomic E-state index is 3.52. The van der Waals surface area contributed by atoms with Gasteiger partial charge in [0.05, 0.1) is 0 Å². The fourth-order valence-electron chi connectivity index (χ4n) is 0.385. The van der Waals surface area contributed by atoms with Crippen molar-refractivity contribution in [3.63, 3.8) is 0 Å². The van der Waals surface area contributed by atoms with Crippen molar-refractivity contribution < 1.29 is 20.4 Å². The van der Waals surface area contributed by atoms with E-state index in [9.17, 15) is 0 Å². The van der Waals surface area contributed by atoms with Crippen LogP contribution in [0.5, 0.6) is 0 Å². The van der Waals surface area contributed by atoms with Crippen molar-refractivity contribution in [2.75, 3.05) is 0 Å². The van der Waals surface area contributed by atoms with Gasteiger partial charge in [-0.3, -0.25) is 0 Å². The molecule has 0 fully saturated rings. The van der Waals surface area contributed by atoms with Gasteiger partial charge in [0.2, 0.25) is 0 Å². The Bertz CT molecular complexity index is 93.1. The molecule has 0 atom stereocenters. The van der Waals surface area contributed by atoms with Gasteiger partial charge in [0.15, 0.2) is 0 Å². The smallest absolute Gasteiger partial charge is 0.245 e. The van der Waals surface area contributed by atoms with Gasteiger partial charge in [0.25, 0.3) is 0 Å². The molecule has 0 heterocycles. The topological polar surface area (TPSA) is 0 Å². The van der Waals surface area contributed by atoms with E-state index in [2.05, 4.69) is 26.3 Å². The van der Waals surface area contributed by atoms with Crippen molar-refractivity contribution in [2.45, 2.75) is 12.8 Å². The van der Waals surface area contributed by atoms with Gasteiger partial charge in [-0.1, -0.05) is 12.8 Å². The SMILES string of the molecule is C=C[CH-]CC=C.C=C[CH-]CC=C.[Pd+2]. The summed E-state index contributed by atoms with van der Waals surface area (Å²) >= 11 is 0. The number of unbranched alkanes of at least 4 members (excludes halogenated alkanes) is 2. The Hall–Kier alpha value is -0.638. The second-order valence-corrected chi connectivity index (χ2v) is 1.99. The Morgan fingerprint density at radius 1 is 0.769 bits per heavy atom. The molecule has 13 heavy (non-hydrogen) atoms. The average molecular weight is 269 g/mol. The molecular formula is C12H18Pd. The van der Waals surface area contributed by atoms with E-state index in [1.807, 2.05) is 25.0 Å². The van der Waals surface area contributed by atoms with E-state index in [0.29, 0.717) is 0 Å². The van der Waals surface area contributed by atoms with Crippen molar-refractivity contribution in [1.29, 1.82) is 0 Å². The summed E-state index contributed by atoms with van der Waals surface area (Å²) in [5, 5.41) is 0. The summed E-state index contributed by atoms with van der Waals surface area (Å²) in [7, 11) is 0. The second-order valence-electron chi connectivity index (χ2n) is 1.99. The predicted octanol–water partition coefficient (Wildman–Crippen LogP) is 3.90. The van der Waals surface area contributed by atoms with Crippen molar-refractivity contribution >= 4 is 0 Å². The first-order valence-corrected chi connectivity index (χ1v) is 3.93. The van der Waals surface area contributed by atoms with Gasteiger partial charge in [-0.25, -0.2) is 38.2 Å². The van der Waals surface area contributed by atoms with E-state index < -0.39 is 0 Å². The van der Waals surface area contributed by atoms with Gasteiger partial charge in [-0.2, -0.15) is 0 Å². The maximum Gasteiger partial charge on any atom is 2.00 e. The molecule has 0 aromatic heterocycles. The monoisotopic (exact) mass is 268 g/mol. The van der Waals surface area contributed by atoms with Crippen LogP contribution in [0.25, 0.3) is 0 Å². The predicted molar refractivity (Wildman–Crippen MR) is 58.6 cm³/mol. The number of rotatable bonds is 6. The molecule has 0 aromatic carbocycles. The van der Waals surface area contributed by atoms with Crippen LogP contribution in [0.15, 0.2) is 50.6 Å². The molecule has 0 amide bonds. The summed E-state index contributed by atoms with van der Waals surface area (Å²) in [6.45, 7) is 14.0. The zero-order valence-electron chi connectivity index (χ0n) is 8.02. The third kappa shape index (κ3) is 34.6. The summed E-state index contributed by atoms with van der Waals surface area (Å²) in [5.74, 6) is 0. The van der Waals surface area contributed by atoms with Crippen LogP contribution in [0.1, 0.15) is 12.8 Å². The fourth-order valence-corrected chi connectivity index (χ4v) is 0.385. The van der Waals surface area contributed by atoms with Crippen LogP contribution < -0.4 is 0 Å². The number of hydrogen-bond acceptors (Lipinski definition) is 0. The van der Waals surface area contributed by atoms with Crippen molar-refractivity contribution in [1.82, 2.24) is 0 Å². The fraction of sp³-hybridized carbons (Fsp3) is 0.167. The van der Waals surface area contributed by atoms with E-state index >= 15 is 0 Å². The van der Waals surface area contributed by atoms with Crippen molar-refractivity contribution in [3.05, 3.63) is 63.5 Å². The van der Waals surface area contributed by atoms with E-state index in [1.54, 1.807) is 12.2 Å². The van der Waals surface area contributed by atoms with Crippen LogP contribution in [0, 0.1) is 12.8 Å². The Balaban J connectivity index is -0.000000143. The Labute approximate surface area is 96.8 Å². The Morgan fingerprint density at radius 3 is 1.15 bits per heavy atom. The first-order valence-electron chi connectivity index (χ1n) is 3.93. The summed E-state index contributed by atoms with van der Waals surface area (Å²) in [6.07, 6.45) is 13.0. The first kappa shape index (κ1) is 18.2. The van der Waals surface area contributed by atoms with Crippen LogP contribution in [0.3, 0.4) is 0 Å². The maximum atomic E-state index is 3.52. The molecule has 1 heteroatoms. The molecule has 0 aromatic rings. The summed E-state index contributed by atoms with van der Waals surface area (Å²) < 4.78 is 0. The number of allylic oxidation sites excluding steroid dienone is 4. The summed E-state index contributed by atoms with van der Waals surface area (Å²) in [4.78, 5) is 0. The minimum atomic E-state index is 0. The van der Waals surface area contributed by atoms with Gasteiger partial charge in [-0.15, -0.1) is 25.3 Å². The van der Waals surface area contributed by atoms with E-state index in [4.69, 9.17) is 0 Å². The third-order valence-electron chi connectivity index (χ3n) is 0.939. The van der Waals surface area contributed by atoms with Crippen molar-refractivity contribution in [3.8, 4) is 0 Å². The van der Waals surface area contributed by atoms with Gasteiger partial charge in [0.1, 0.15) is 0 Å². The van der Waals surface area contributed by atoms with E-state index in [0.717, 1.165) is 12.8 Å². The van der Waals surface area contributed by atoms with E-state index in [-0.39, 0.29) is 20.4 Å². The van der Waals surface area contributed by atoms with Gasteiger partial charge in [0, 0.05) is 0 Å². The minimum Gasteiger partial charge on any atom is -0.245 e. The van der Waals surface area contributed by atoms with Crippen LogP contribution in [-0.4, -0.2) is 0 Å². The average Bonchev–Trinajstić information content (AvgIpc) is 2.12. The molecule has 0 N–H and O–H groups in total. The molecule has 0 saturated heterocycles. The second kappa shape index (κ2) is 22.5. The normalized spacial score (nSPS) is 6.15. The molecule has 0 nitrogen and oxygen atoms in total. The first-order chi connectivity index (χ1) is 5.83. The number of hydrogen-bond donors (Lipinski definition) is 0. The molecule has 0 aliphatic carbocycles. The largest absolute Gasteiger partial charge is 2.00 e. The Kier molecular flexibility index (Phi) is 31.5. The molecule has 0 aliphatic heterocycles. The van der Waals surface area contributed by atoms with Gasteiger partial charge in [-0.05, 0) is 0 Å². The van der Waals surface area contributed by atoms with E-state index in [1.165, 1.54) is 0 Å². The molecule has 0 aliphatic rings. The standard InChI is InChI=1S/2C6H9.Pd/c2*1-3-5-6-4-2;/h2*3-5H,1-2,6H2;/q2*-1;+2. The zero-order valence-corrected chi connectivity index (χ0v) is 9.58. The van der Waals surface area contributed by atoms with Gasteiger partial charge >= 0.3 is 20.4 Å². The Morgan fingerprint density at radius 2 is 1.08 bits per heavy atom. The minimum absolute atomic E-state index is 0. The molecule has 0 bridgehead atoms. The molecule has 0 rings (SSSR count). The van der Waals surface area contributed by atoms with Crippen LogP contribution in [-0.2, 0) is 20.4 Å². The third-order valence-corrected chi connectivity index (χ3v) is 0.939.